The Hall–Kier alpha value is -7.42. The highest BCUT2D eigenvalue weighted by molar-refractivity contribution is 6.11. The molecule has 0 saturated heterocycles. The van der Waals surface area contributed by atoms with E-state index in [2.05, 4.69) is 240 Å². The van der Waals surface area contributed by atoms with Gasteiger partial charge in [0.1, 0.15) is 0 Å². The first kappa shape index (κ1) is 33.2. The second-order valence-electron chi connectivity index (χ2n) is 14.1. The number of para-hydroxylation sites is 2. The summed E-state index contributed by atoms with van der Waals surface area (Å²) in [6.07, 6.45) is 0. The number of anilines is 3. The molecular formula is C54H38N2. The molecule has 9 aromatic carbocycles. The van der Waals surface area contributed by atoms with Crippen LogP contribution < -0.4 is 4.90 Å². The molecular weight excluding hydrogens is 677 g/mol. The highest BCUT2D eigenvalue weighted by atomic mass is 15.1. The van der Waals surface area contributed by atoms with Crippen molar-refractivity contribution in [1.29, 1.82) is 0 Å². The Kier molecular flexibility index (Phi) is 8.55. The van der Waals surface area contributed by atoms with E-state index in [0.717, 1.165) is 45.0 Å². The number of rotatable bonds is 8. The number of fused-ring (bicyclic) bond motifs is 3. The van der Waals surface area contributed by atoms with Crippen molar-refractivity contribution in [2.45, 2.75) is 0 Å². The topological polar surface area (TPSA) is 8.17 Å². The summed E-state index contributed by atoms with van der Waals surface area (Å²) < 4.78 is 2.42. The Bertz CT molecular complexity index is 2930. The zero-order valence-corrected chi connectivity index (χ0v) is 30.8. The molecule has 0 atom stereocenters. The molecule has 0 amide bonds. The van der Waals surface area contributed by atoms with Gasteiger partial charge in [-0.05, 0) is 81.9 Å². The molecule has 1 heterocycles. The maximum atomic E-state index is 2.46. The second-order valence-corrected chi connectivity index (χ2v) is 14.1. The van der Waals surface area contributed by atoms with Gasteiger partial charge in [0.2, 0.25) is 0 Å². The number of hydrogen-bond donors (Lipinski definition) is 0. The largest absolute Gasteiger partial charge is 0.309 e. The van der Waals surface area contributed by atoms with Gasteiger partial charge in [0.05, 0.1) is 22.4 Å². The quantitative estimate of drug-likeness (QED) is 0.152. The van der Waals surface area contributed by atoms with Crippen LogP contribution in [-0.4, -0.2) is 4.57 Å². The van der Waals surface area contributed by atoms with Gasteiger partial charge in [-0.3, -0.25) is 0 Å². The SMILES string of the molecule is c1ccc(-c2ccc(-n3c4ccccc4c4ccc(N(c5ccccc5-c5ccccc5)c5ccc(-c6ccccc6)cc5-c5ccccc5)cc43)cc2)cc1. The van der Waals surface area contributed by atoms with Crippen LogP contribution in [0.5, 0.6) is 0 Å². The molecule has 264 valence electrons. The van der Waals surface area contributed by atoms with E-state index in [1.807, 2.05) is 0 Å². The molecule has 0 aliphatic rings. The highest BCUT2D eigenvalue weighted by Gasteiger charge is 2.23. The van der Waals surface area contributed by atoms with Crippen molar-refractivity contribution in [1.82, 2.24) is 4.57 Å². The van der Waals surface area contributed by atoms with Gasteiger partial charge < -0.3 is 9.47 Å². The van der Waals surface area contributed by atoms with E-state index < -0.39 is 0 Å². The van der Waals surface area contributed by atoms with Crippen LogP contribution in [0, 0.1) is 0 Å². The molecule has 0 saturated carbocycles. The lowest BCUT2D eigenvalue weighted by Gasteiger charge is -2.30. The molecule has 0 aliphatic carbocycles. The summed E-state index contributed by atoms with van der Waals surface area (Å²) in [4.78, 5) is 2.46. The van der Waals surface area contributed by atoms with E-state index in [9.17, 15) is 0 Å². The number of nitrogens with zero attached hydrogens (tertiary/aromatic N) is 2. The molecule has 0 fully saturated rings. The van der Waals surface area contributed by atoms with Crippen LogP contribution in [0.1, 0.15) is 0 Å². The predicted octanol–water partition coefficient (Wildman–Crippen LogP) is 14.9. The van der Waals surface area contributed by atoms with Gasteiger partial charge in [-0.15, -0.1) is 0 Å². The zero-order valence-electron chi connectivity index (χ0n) is 30.8. The molecule has 1 aromatic heterocycles. The van der Waals surface area contributed by atoms with Crippen molar-refractivity contribution in [3.63, 3.8) is 0 Å². The van der Waals surface area contributed by atoms with Crippen LogP contribution >= 0.6 is 0 Å². The average molecular weight is 715 g/mol. The van der Waals surface area contributed by atoms with E-state index in [1.165, 1.54) is 44.1 Å². The van der Waals surface area contributed by atoms with Crippen molar-refractivity contribution in [2.24, 2.45) is 0 Å². The summed E-state index contributed by atoms with van der Waals surface area (Å²) in [5.41, 5.74) is 16.2. The summed E-state index contributed by atoms with van der Waals surface area (Å²) in [5, 5.41) is 2.45. The summed E-state index contributed by atoms with van der Waals surface area (Å²) in [6.45, 7) is 0. The standard InChI is InChI=1S/C54H38N2/c1-5-17-39(18-6-1)41-29-32-45(33-30-41)55-52-28-16-14-26-48(52)49-35-34-46(38-54(49)55)56(51-27-15-13-25-47(51)42-21-9-3-10-22-42)53-36-31-44(40-19-7-2-8-20-40)37-50(53)43-23-11-4-12-24-43/h1-38H. The molecule has 56 heavy (non-hydrogen) atoms. The molecule has 0 aliphatic heterocycles. The van der Waals surface area contributed by atoms with Crippen molar-refractivity contribution in [3.8, 4) is 50.2 Å². The van der Waals surface area contributed by atoms with Crippen molar-refractivity contribution >= 4 is 38.9 Å². The lowest BCUT2D eigenvalue weighted by Crippen LogP contribution is -2.13. The van der Waals surface area contributed by atoms with Crippen LogP contribution in [0.15, 0.2) is 231 Å². The molecule has 0 unspecified atom stereocenters. The predicted molar refractivity (Wildman–Crippen MR) is 237 cm³/mol. The molecule has 0 bridgehead atoms. The third-order valence-electron chi connectivity index (χ3n) is 10.8. The minimum Gasteiger partial charge on any atom is -0.309 e. The first-order chi connectivity index (χ1) is 27.8. The van der Waals surface area contributed by atoms with E-state index in [4.69, 9.17) is 0 Å². The van der Waals surface area contributed by atoms with Gasteiger partial charge in [0.25, 0.3) is 0 Å². The Labute approximate surface area is 327 Å². The van der Waals surface area contributed by atoms with Crippen molar-refractivity contribution < 1.29 is 0 Å². The smallest absolute Gasteiger partial charge is 0.0561 e. The van der Waals surface area contributed by atoms with Gasteiger partial charge >= 0.3 is 0 Å². The highest BCUT2D eigenvalue weighted by Crippen LogP contribution is 2.47. The van der Waals surface area contributed by atoms with Gasteiger partial charge in [0.15, 0.2) is 0 Å². The average Bonchev–Trinajstić information content (AvgIpc) is 3.62. The van der Waals surface area contributed by atoms with Crippen LogP contribution in [0.25, 0.3) is 72.0 Å². The summed E-state index contributed by atoms with van der Waals surface area (Å²) >= 11 is 0. The third-order valence-corrected chi connectivity index (χ3v) is 10.8. The van der Waals surface area contributed by atoms with Crippen LogP contribution in [0.3, 0.4) is 0 Å². The fourth-order valence-corrected chi connectivity index (χ4v) is 8.14. The number of aromatic nitrogens is 1. The Morgan fingerprint density at radius 3 is 1.45 bits per heavy atom. The van der Waals surface area contributed by atoms with E-state index >= 15 is 0 Å². The fraction of sp³-hybridized carbons (Fsp3) is 0. The van der Waals surface area contributed by atoms with Crippen molar-refractivity contribution in [3.05, 3.63) is 231 Å². The summed E-state index contributed by atoms with van der Waals surface area (Å²) in [6, 6.07) is 83.1. The normalized spacial score (nSPS) is 11.2. The Morgan fingerprint density at radius 2 is 0.768 bits per heavy atom. The first-order valence-electron chi connectivity index (χ1n) is 19.2. The van der Waals surface area contributed by atoms with E-state index in [-0.39, 0.29) is 0 Å². The second kappa shape index (κ2) is 14.4. The Morgan fingerprint density at radius 1 is 0.286 bits per heavy atom. The first-order valence-corrected chi connectivity index (χ1v) is 19.2. The summed E-state index contributed by atoms with van der Waals surface area (Å²) in [5.74, 6) is 0. The number of benzene rings is 9. The third kappa shape index (κ3) is 6.04. The van der Waals surface area contributed by atoms with Crippen molar-refractivity contribution in [2.75, 3.05) is 4.90 Å². The van der Waals surface area contributed by atoms with Crippen LogP contribution in [-0.2, 0) is 0 Å². The van der Waals surface area contributed by atoms with Gasteiger partial charge in [-0.2, -0.15) is 0 Å². The monoisotopic (exact) mass is 714 g/mol. The van der Waals surface area contributed by atoms with Gasteiger partial charge in [-0.1, -0.05) is 182 Å². The van der Waals surface area contributed by atoms with E-state index in [1.54, 1.807) is 0 Å². The van der Waals surface area contributed by atoms with E-state index in [0.29, 0.717) is 0 Å². The van der Waals surface area contributed by atoms with Crippen LogP contribution in [0.4, 0.5) is 17.1 Å². The molecule has 10 aromatic rings. The minimum atomic E-state index is 1.08. The summed E-state index contributed by atoms with van der Waals surface area (Å²) in [7, 11) is 0. The minimum absolute atomic E-state index is 1.08. The molecule has 2 heteroatoms. The zero-order chi connectivity index (χ0) is 37.3. The van der Waals surface area contributed by atoms with Gasteiger partial charge in [0, 0.05) is 33.3 Å². The maximum absolute atomic E-state index is 2.46. The molecule has 10 rings (SSSR count). The number of hydrogen-bond acceptors (Lipinski definition) is 1. The Balaban J connectivity index is 1.23. The lowest BCUT2D eigenvalue weighted by atomic mass is 9.95. The van der Waals surface area contributed by atoms with Gasteiger partial charge in [-0.25, -0.2) is 0 Å². The molecule has 2 nitrogen and oxygen atoms in total. The molecule has 0 spiro atoms. The van der Waals surface area contributed by atoms with Crippen LogP contribution in [0.2, 0.25) is 0 Å². The fourth-order valence-electron chi connectivity index (χ4n) is 8.14. The molecule has 0 N–H and O–H groups in total. The molecule has 0 radical (unpaired) electrons. The lowest BCUT2D eigenvalue weighted by molar-refractivity contribution is 1.18. The maximum Gasteiger partial charge on any atom is 0.0561 e.